The molecule has 2 N–H and O–H groups in total. The van der Waals surface area contributed by atoms with Gasteiger partial charge in [0.2, 0.25) is 0 Å². The lowest BCUT2D eigenvalue weighted by molar-refractivity contribution is -0.112. The molecule has 0 bridgehead atoms. The van der Waals surface area contributed by atoms with Gasteiger partial charge < -0.3 is 20.3 Å². The molecule has 0 atom stereocenters. The Balaban J connectivity index is 1.72. The number of fused-ring (bicyclic) bond motifs is 1. The van der Waals surface area contributed by atoms with E-state index in [1.165, 1.54) is 29.5 Å². The number of benzene rings is 1. The molecule has 0 unspecified atom stereocenters. The van der Waals surface area contributed by atoms with Gasteiger partial charge in [-0.15, -0.1) is 11.3 Å². The molecule has 1 aromatic heterocycles. The minimum Gasteiger partial charge on any atom is -0.495 e. The van der Waals surface area contributed by atoms with E-state index in [0.29, 0.717) is 21.6 Å². The van der Waals surface area contributed by atoms with Crippen molar-refractivity contribution in [3.63, 3.8) is 0 Å². The first-order valence-electron chi connectivity index (χ1n) is 8.19. The van der Waals surface area contributed by atoms with Crippen molar-refractivity contribution >= 4 is 39.7 Å². The predicted octanol–water partition coefficient (Wildman–Crippen LogP) is 3.25. The van der Waals surface area contributed by atoms with Crippen molar-refractivity contribution in [2.75, 3.05) is 31.3 Å². The largest absolute Gasteiger partial charge is 0.495 e. The van der Waals surface area contributed by atoms with E-state index >= 15 is 0 Å². The van der Waals surface area contributed by atoms with E-state index in [2.05, 4.69) is 27.6 Å². The van der Waals surface area contributed by atoms with Gasteiger partial charge in [-0.25, -0.2) is 4.98 Å². The number of hydrogen-bond acceptors (Lipinski definition) is 7. The maximum absolute atomic E-state index is 12.4. The second-order valence-electron chi connectivity index (χ2n) is 5.99. The first kappa shape index (κ1) is 19.2. The maximum Gasteiger partial charge on any atom is 0.267 e. The third-order valence-electron chi connectivity index (χ3n) is 4.04. The highest BCUT2D eigenvalue weighted by atomic mass is 35.5. The Morgan fingerprint density at radius 1 is 1.52 bits per heavy atom. The fraction of sp³-hybridized carbons (Fsp3) is 0.278. The van der Waals surface area contributed by atoms with Crippen molar-refractivity contribution in [2.24, 2.45) is 0 Å². The number of anilines is 2. The molecule has 9 heteroatoms. The number of carbonyl (C=O) groups excluding carboxylic acids is 1. The number of amides is 1. The SMILES string of the molecule is COc1ccc(Cl)cc1NC(=O)/C(C#N)=C\Nc1nc2c(s1)CN(C)CC2. The number of carbonyl (C=O) groups is 1. The number of methoxy groups -OCH3 is 1. The zero-order valence-electron chi connectivity index (χ0n) is 14.9. The summed E-state index contributed by atoms with van der Waals surface area (Å²) >= 11 is 7.49. The quantitative estimate of drug-likeness (QED) is 0.588. The van der Waals surface area contributed by atoms with Gasteiger partial charge in [-0.3, -0.25) is 4.79 Å². The number of aromatic nitrogens is 1. The van der Waals surface area contributed by atoms with Gasteiger partial charge in [0.15, 0.2) is 5.13 Å². The predicted molar refractivity (Wildman–Crippen MR) is 106 cm³/mol. The van der Waals surface area contributed by atoms with Gasteiger partial charge in [0.05, 0.1) is 18.5 Å². The number of likely N-dealkylation sites (N-methyl/N-ethyl adjacent to an activating group) is 1. The van der Waals surface area contributed by atoms with Crippen LogP contribution in [0.2, 0.25) is 5.02 Å². The minimum absolute atomic E-state index is 0.0812. The van der Waals surface area contributed by atoms with Crippen molar-refractivity contribution in [1.82, 2.24) is 9.88 Å². The molecule has 1 aliphatic rings. The van der Waals surface area contributed by atoms with E-state index in [0.717, 1.165) is 25.2 Å². The Labute approximate surface area is 166 Å². The van der Waals surface area contributed by atoms with E-state index in [-0.39, 0.29) is 5.57 Å². The van der Waals surface area contributed by atoms with Gasteiger partial charge in [0, 0.05) is 35.6 Å². The molecule has 1 amide bonds. The van der Waals surface area contributed by atoms with E-state index in [4.69, 9.17) is 16.3 Å². The van der Waals surface area contributed by atoms with Crippen LogP contribution in [0.25, 0.3) is 0 Å². The van der Waals surface area contributed by atoms with Gasteiger partial charge in [-0.1, -0.05) is 11.6 Å². The normalized spacial score (nSPS) is 14.2. The van der Waals surface area contributed by atoms with Crippen LogP contribution in [0.4, 0.5) is 10.8 Å². The average Bonchev–Trinajstić information content (AvgIpc) is 3.04. The van der Waals surface area contributed by atoms with Crippen molar-refractivity contribution in [1.29, 1.82) is 5.26 Å². The number of nitrogens with one attached hydrogen (secondary N) is 2. The number of halogens is 1. The van der Waals surface area contributed by atoms with Crippen molar-refractivity contribution < 1.29 is 9.53 Å². The smallest absolute Gasteiger partial charge is 0.267 e. The number of ether oxygens (including phenoxy) is 1. The van der Waals surface area contributed by atoms with Gasteiger partial charge in [0.1, 0.15) is 17.4 Å². The Hall–Kier alpha value is -2.60. The molecule has 1 aromatic carbocycles. The van der Waals surface area contributed by atoms with Crippen LogP contribution in [0.1, 0.15) is 10.6 Å². The molecule has 140 valence electrons. The molecule has 0 fully saturated rings. The topological polar surface area (TPSA) is 90.3 Å². The van der Waals surface area contributed by atoms with Crippen LogP contribution >= 0.6 is 22.9 Å². The highest BCUT2D eigenvalue weighted by Gasteiger charge is 2.18. The first-order chi connectivity index (χ1) is 13.0. The highest BCUT2D eigenvalue weighted by Crippen LogP contribution is 2.29. The summed E-state index contributed by atoms with van der Waals surface area (Å²) in [5, 5.41) is 16.0. The molecule has 1 aliphatic heterocycles. The Morgan fingerprint density at radius 3 is 3.07 bits per heavy atom. The minimum atomic E-state index is -0.563. The van der Waals surface area contributed by atoms with Crippen LogP contribution in [0.15, 0.2) is 30.0 Å². The summed E-state index contributed by atoms with van der Waals surface area (Å²) in [7, 11) is 3.56. The van der Waals surface area contributed by atoms with Crippen LogP contribution in [-0.4, -0.2) is 36.5 Å². The van der Waals surface area contributed by atoms with Crippen molar-refractivity contribution in [3.8, 4) is 11.8 Å². The number of rotatable bonds is 5. The highest BCUT2D eigenvalue weighted by molar-refractivity contribution is 7.15. The maximum atomic E-state index is 12.4. The zero-order valence-corrected chi connectivity index (χ0v) is 16.4. The number of nitriles is 1. The number of thiazole rings is 1. The summed E-state index contributed by atoms with van der Waals surface area (Å²) in [6.07, 6.45) is 2.26. The summed E-state index contributed by atoms with van der Waals surface area (Å²) in [5.41, 5.74) is 1.38. The Morgan fingerprint density at radius 2 is 2.33 bits per heavy atom. The summed E-state index contributed by atoms with van der Waals surface area (Å²) in [5.74, 6) is -0.110. The summed E-state index contributed by atoms with van der Waals surface area (Å²) in [6, 6.07) is 6.75. The third kappa shape index (κ3) is 4.57. The molecule has 27 heavy (non-hydrogen) atoms. The Kier molecular flexibility index (Phi) is 5.96. The van der Waals surface area contributed by atoms with Crippen LogP contribution in [-0.2, 0) is 17.8 Å². The molecule has 2 aromatic rings. The van der Waals surface area contributed by atoms with Crippen molar-refractivity contribution in [3.05, 3.63) is 45.6 Å². The summed E-state index contributed by atoms with van der Waals surface area (Å²) in [4.78, 5) is 20.4. The van der Waals surface area contributed by atoms with Gasteiger partial charge >= 0.3 is 0 Å². The fourth-order valence-electron chi connectivity index (χ4n) is 2.63. The van der Waals surface area contributed by atoms with Gasteiger partial charge in [-0.2, -0.15) is 5.26 Å². The monoisotopic (exact) mass is 403 g/mol. The van der Waals surface area contributed by atoms with Gasteiger partial charge in [0.25, 0.3) is 5.91 Å². The second-order valence-corrected chi connectivity index (χ2v) is 7.51. The number of nitrogens with zero attached hydrogens (tertiary/aromatic N) is 3. The summed E-state index contributed by atoms with van der Waals surface area (Å²) < 4.78 is 5.20. The second kappa shape index (κ2) is 8.39. The molecular formula is C18H18ClN5O2S. The van der Waals surface area contributed by atoms with E-state index in [9.17, 15) is 10.1 Å². The van der Waals surface area contributed by atoms with Crippen LogP contribution in [0.3, 0.4) is 0 Å². The molecule has 0 saturated heterocycles. The standard InChI is InChI=1S/C18H18ClN5O2S/c1-24-6-5-13-16(10-24)27-18(23-13)21-9-11(8-20)17(25)22-14-7-12(19)3-4-15(14)26-2/h3-4,7,9H,5-6,10H2,1-2H3,(H,21,23)(H,22,25)/b11-9-. The van der Waals surface area contributed by atoms with E-state index < -0.39 is 5.91 Å². The van der Waals surface area contributed by atoms with Crippen LogP contribution < -0.4 is 15.4 Å². The van der Waals surface area contributed by atoms with Crippen LogP contribution in [0.5, 0.6) is 5.75 Å². The molecule has 3 rings (SSSR count). The van der Waals surface area contributed by atoms with E-state index in [1.54, 1.807) is 18.2 Å². The van der Waals surface area contributed by atoms with Gasteiger partial charge in [-0.05, 0) is 25.2 Å². The fourth-order valence-corrected chi connectivity index (χ4v) is 3.86. The molecular weight excluding hydrogens is 386 g/mol. The Bertz CT molecular complexity index is 934. The molecule has 7 nitrogen and oxygen atoms in total. The average molecular weight is 404 g/mol. The summed E-state index contributed by atoms with van der Waals surface area (Å²) in [6.45, 7) is 1.83. The molecule has 2 heterocycles. The zero-order chi connectivity index (χ0) is 19.4. The number of hydrogen-bond donors (Lipinski definition) is 2. The first-order valence-corrected chi connectivity index (χ1v) is 9.38. The lowest BCUT2D eigenvalue weighted by Crippen LogP contribution is -2.25. The lowest BCUT2D eigenvalue weighted by atomic mass is 10.2. The molecule has 0 spiro atoms. The van der Waals surface area contributed by atoms with Crippen LogP contribution in [0, 0.1) is 11.3 Å². The van der Waals surface area contributed by atoms with Crippen molar-refractivity contribution in [2.45, 2.75) is 13.0 Å². The molecule has 0 saturated carbocycles. The molecule has 0 aliphatic carbocycles. The lowest BCUT2D eigenvalue weighted by Gasteiger charge is -2.20. The molecule has 0 radical (unpaired) electrons. The third-order valence-corrected chi connectivity index (χ3v) is 5.29. The van der Waals surface area contributed by atoms with E-state index in [1.807, 2.05) is 6.07 Å².